The number of hydrogen-bond acceptors (Lipinski definition) is 4. The molecule has 0 spiro atoms. The molecule has 0 saturated carbocycles. The second kappa shape index (κ2) is 7.31. The summed E-state index contributed by atoms with van der Waals surface area (Å²) in [6, 6.07) is 17.4. The topological polar surface area (TPSA) is 79.0 Å². The number of benzene rings is 2. The van der Waals surface area contributed by atoms with Crippen LogP contribution < -0.4 is 15.5 Å². The van der Waals surface area contributed by atoms with E-state index in [2.05, 4.69) is 0 Å². The Balaban J connectivity index is 2.02. The van der Waals surface area contributed by atoms with Crippen molar-refractivity contribution in [3.05, 3.63) is 88.0 Å². The fourth-order valence-electron chi connectivity index (χ4n) is 2.69. The van der Waals surface area contributed by atoms with Crippen molar-refractivity contribution < 1.29 is 15.2 Å². The van der Waals surface area contributed by atoms with Gasteiger partial charge in [0, 0.05) is 30.0 Å². The lowest BCUT2D eigenvalue weighted by molar-refractivity contribution is -0.991. The van der Waals surface area contributed by atoms with Gasteiger partial charge in [0.25, 0.3) is 5.56 Å². The van der Waals surface area contributed by atoms with Crippen molar-refractivity contribution in [2.75, 3.05) is 7.11 Å². The van der Waals surface area contributed by atoms with Crippen LogP contribution in [0.25, 0.3) is 11.1 Å². The lowest BCUT2D eigenvalue weighted by Crippen LogP contribution is -2.99. The molecule has 3 rings (SSSR count). The first-order valence-corrected chi connectivity index (χ1v) is 7.74. The number of nitrogens with zero attached hydrogens (tertiary/aromatic N) is 1. The Morgan fingerprint density at radius 2 is 1.96 bits per heavy atom. The average Bonchev–Trinajstić information content (AvgIpc) is 2.63. The summed E-state index contributed by atoms with van der Waals surface area (Å²) in [6.07, 6.45) is 1.73. The lowest BCUT2D eigenvalue weighted by Gasteiger charge is -2.15. The molecule has 1 unspecified atom stereocenters. The molecule has 3 aromatic rings. The van der Waals surface area contributed by atoms with Crippen LogP contribution in [0, 0.1) is 5.21 Å². The molecule has 0 fully saturated rings. The predicted molar refractivity (Wildman–Crippen MR) is 94.0 cm³/mol. The number of aromatic nitrogens is 1. The summed E-state index contributed by atoms with van der Waals surface area (Å²) in [5.74, 6) is 0.645. The Morgan fingerprint density at radius 3 is 2.68 bits per heavy atom. The third-order valence-corrected chi connectivity index (χ3v) is 3.94. The van der Waals surface area contributed by atoms with Gasteiger partial charge in [-0.15, -0.1) is 0 Å². The van der Waals surface area contributed by atoms with Crippen LogP contribution in [0.2, 0.25) is 0 Å². The van der Waals surface area contributed by atoms with Crippen LogP contribution >= 0.6 is 0 Å². The third kappa shape index (κ3) is 3.77. The molecule has 0 radical (unpaired) electrons. The van der Waals surface area contributed by atoms with E-state index in [-0.39, 0.29) is 11.2 Å². The lowest BCUT2D eigenvalue weighted by atomic mass is 10.0. The molecule has 0 aliphatic rings. The van der Waals surface area contributed by atoms with E-state index >= 15 is 0 Å². The molecule has 1 heterocycles. The molecule has 0 aliphatic carbocycles. The second-order valence-electron chi connectivity index (χ2n) is 5.59. The Labute approximate surface area is 144 Å². The number of quaternary nitrogens is 1. The van der Waals surface area contributed by atoms with Gasteiger partial charge in [-0.3, -0.25) is 4.79 Å². The third-order valence-electron chi connectivity index (χ3n) is 3.94. The smallest absolute Gasteiger partial charge is 0.250 e. The SMILES string of the molecule is COc1ccc(Cn2ccccc2=O)cc1-c1cccc([NH+]([O-])O)c1. The molecule has 1 aromatic heterocycles. The maximum absolute atomic E-state index is 11.9. The van der Waals surface area contributed by atoms with E-state index < -0.39 is 5.23 Å². The first-order valence-electron chi connectivity index (χ1n) is 7.74. The highest BCUT2D eigenvalue weighted by atomic mass is 16.8. The zero-order chi connectivity index (χ0) is 17.8. The maximum atomic E-state index is 11.9. The monoisotopic (exact) mass is 338 g/mol. The molecule has 0 bridgehead atoms. The van der Waals surface area contributed by atoms with Crippen LogP contribution in [0.4, 0.5) is 5.69 Å². The molecular weight excluding hydrogens is 320 g/mol. The Kier molecular flexibility index (Phi) is 4.95. The highest BCUT2D eigenvalue weighted by Crippen LogP contribution is 2.32. The van der Waals surface area contributed by atoms with Crippen LogP contribution in [0.5, 0.6) is 5.75 Å². The number of methoxy groups -OCH3 is 1. The van der Waals surface area contributed by atoms with Gasteiger partial charge in [-0.1, -0.05) is 24.3 Å². The van der Waals surface area contributed by atoms with E-state index in [9.17, 15) is 15.2 Å². The van der Waals surface area contributed by atoms with Crippen LogP contribution in [-0.2, 0) is 6.54 Å². The van der Waals surface area contributed by atoms with Crippen LogP contribution in [0.1, 0.15) is 5.56 Å². The number of pyridine rings is 1. The van der Waals surface area contributed by atoms with E-state index in [0.717, 1.165) is 16.7 Å². The van der Waals surface area contributed by atoms with Crippen molar-refractivity contribution in [3.63, 3.8) is 0 Å². The van der Waals surface area contributed by atoms with Crippen LogP contribution in [0.3, 0.4) is 0 Å². The first kappa shape index (κ1) is 16.9. The minimum absolute atomic E-state index is 0.0762. The van der Waals surface area contributed by atoms with E-state index in [4.69, 9.17) is 4.74 Å². The van der Waals surface area contributed by atoms with E-state index in [1.54, 1.807) is 42.1 Å². The number of rotatable bonds is 5. The Morgan fingerprint density at radius 1 is 1.12 bits per heavy atom. The molecule has 6 nitrogen and oxygen atoms in total. The average molecular weight is 338 g/mol. The fourth-order valence-corrected chi connectivity index (χ4v) is 2.69. The van der Waals surface area contributed by atoms with Crippen molar-refractivity contribution >= 4 is 5.69 Å². The van der Waals surface area contributed by atoms with Gasteiger partial charge in [0.2, 0.25) is 0 Å². The van der Waals surface area contributed by atoms with Crippen molar-refractivity contribution in [2.24, 2.45) is 0 Å². The van der Waals surface area contributed by atoms with E-state index in [0.29, 0.717) is 12.3 Å². The molecule has 0 saturated heterocycles. The van der Waals surface area contributed by atoms with Gasteiger partial charge in [0.1, 0.15) is 5.75 Å². The van der Waals surface area contributed by atoms with Gasteiger partial charge in [-0.05, 0) is 29.3 Å². The molecular formula is C19H18N2O4. The summed E-state index contributed by atoms with van der Waals surface area (Å²) in [6.45, 7) is 0.426. The number of hydrogen-bond donors (Lipinski definition) is 2. The molecule has 0 amide bonds. The molecule has 6 heteroatoms. The molecule has 25 heavy (non-hydrogen) atoms. The highest BCUT2D eigenvalue weighted by molar-refractivity contribution is 5.73. The zero-order valence-corrected chi connectivity index (χ0v) is 13.7. The molecule has 0 aliphatic heterocycles. The summed E-state index contributed by atoms with van der Waals surface area (Å²) in [7, 11) is 1.57. The molecule has 2 aromatic carbocycles. The standard InChI is InChI=1S/C19H18N2O4/c1-25-18-9-8-14(13-20-10-3-2-7-19(20)22)11-17(18)15-5-4-6-16(12-15)21(23)24/h2-12,21,23H,13H2,1H3. The van der Waals surface area contributed by atoms with Gasteiger partial charge < -0.3 is 14.5 Å². The van der Waals surface area contributed by atoms with Gasteiger partial charge in [0.15, 0.2) is 5.69 Å². The van der Waals surface area contributed by atoms with Crippen molar-refractivity contribution in [3.8, 4) is 16.9 Å². The van der Waals surface area contributed by atoms with Crippen molar-refractivity contribution in [2.45, 2.75) is 6.54 Å². The molecule has 128 valence electrons. The van der Waals surface area contributed by atoms with Crippen molar-refractivity contribution in [1.29, 1.82) is 0 Å². The molecule has 2 N–H and O–H groups in total. The van der Waals surface area contributed by atoms with Gasteiger partial charge >= 0.3 is 0 Å². The predicted octanol–water partition coefficient (Wildman–Crippen LogP) is 1.98. The minimum atomic E-state index is -0.979. The normalized spacial score (nSPS) is 12.0. The first-order chi connectivity index (χ1) is 12.1. The van der Waals surface area contributed by atoms with Gasteiger partial charge in [0.05, 0.1) is 13.7 Å². The van der Waals surface area contributed by atoms with E-state index in [1.807, 2.05) is 30.3 Å². The fraction of sp³-hybridized carbons (Fsp3) is 0.105. The maximum Gasteiger partial charge on any atom is 0.250 e. The van der Waals surface area contributed by atoms with Crippen molar-refractivity contribution in [1.82, 2.24) is 4.57 Å². The summed E-state index contributed by atoms with van der Waals surface area (Å²) < 4.78 is 7.02. The molecule has 1 atom stereocenters. The quantitative estimate of drug-likeness (QED) is 0.697. The summed E-state index contributed by atoms with van der Waals surface area (Å²) in [5.41, 5.74) is 2.59. The van der Waals surface area contributed by atoms with Crippen LogP contribution in [0.15, 0.2) is 71.7 Å². The number of nitrogens with one attached hydrogen (secondary N) is 1. The summed E-state index contributed by atoms with van der Waals surface area (Å²) in [4.78, 5) is 11.9. The van der Waals surface area contributed by atoms with E-state index in [1.165, 1.54) is 6.07 Å². The van der Waals surface area contributed by atoms with Crippen LogP contribution in [-0.4, -0.2) is 16.9 Å². The Hall–Kier alpha value is -2.93. The van der Waals surface area contributed by atoms with Gasteiger partial charge in [-0.25, -0.2) is 5.21 Å². The highest BCUT2D eigenvalue weighted by Gasteiger charge is 2.10. The number of ether oxygens (including phenoxy) is 1. The largest absolute Gasteiger partial charge is 0.595 e. The Bertz CT molecular complexity index is 934. The zero-order valence-electron chi connectivity index (χ0n) is 13.7. The summed E-state index contributed by atoms with van der Waals surface area (Å²) in [5, 5.41) is 19.4. The van der Waals surface area contributed by atoms with Gasteiger partial charge in [-0.2, -0.15) is 5.23 Å². The second-order valence-corrected chi connectivity index (χ2v) is 5.59. The summed E-state index contributed by atoms with van der Waals surface area (Å²) >= 11 is 0. The minimum Gasteiger partial charge on any atom is -0.595 e.